The molecule has 0 radical (unpaired) electrons. The third kappa shape index (κ3) is 3.34. The van der Waals surface area contributed by atoms with Gasteiger partial charge >= 0.3 is 0 Å². The van der Waals surface area contributed by atoms with Crippen LogP contribution in [0.1, 0.15) is 30.8 Å². The Labute approximate surface area is 108 Å². The van der Waals surface area contributed by atoms with Gasteiger partial charge in [-0.1, -0.05) is 12.8 Å². The molecule has 0 aromatic carbocycles. The fourth-order valence-corrected chi connectivity index (χ4v) is 3.18. The average Bonchev–Trinajstić information content (AvgIpc) is 3.02. The summed E-state index contributed by atoms with van der Waals surface area (Å²) in [5, 5.41) is 2.93. The van der Waals surface area contributed by atoms with Crippen LogP contribution in [-0.4, -0.2) is 22.0 Å². The van der Waals surface area contributed by atoms with Crippen molar-refractivity contribution < 1.29 is 12.8 Å². The van der Waals surface area contributed by atoms with Crippen molar-refractivity contribution in [3.8, 4) is 0 Å². The first-order chi connectivity index (χ1) is 8.53. The van der Waals surface area contributed by atoms with Crippen LogP contribution in [0.3, 0.4) is 0 Å². The van der Waals surface area contributed by atoms with E-state index >= 15 is 0 Å². The Bertz CT molecular complexity index is 503. The zero-order valence-corrected chi connectivity index (χ0v) is 11.6. The molecule has 18 heavy (non-hydrogen) atoms. The second-order valence-electron chi connectivity index (χ2n) is 4.79. The van der Waals surface area contributed by atoms with Crippen molar-refractivity contribution in [2.45, 2.75) is 37.6 Å². The topological polar surface area (TPSA) is 71.3 Å². The SMILES string of the molecule is CNCc1cc(S(=O)(=O)NCCC2CC2)c(C)o1. The van der Waals surface area contributed by atoms with Gasteiger partial charge in [0.05, 0.1) is 6.54 Å². The van der Waals surface area contributed by atoms with Gasteiger partial charge in [-0.05, 0) is 26.3 Å². The largest absolute Gasteiger partial charge is 0.464 e. The van der Waals surface area contributed by atoms with Crippen molar-refractivity contribution in [1.29, 1.82) is 0 Å². The average molecular weight is 272 g/mol. The van der Waals surface area contributed by atoms with Crippen molar-refractivity contribution in [3.05, 3.63) is 17.6 Å². The molecule has 0 spiro atoms. The van der Waals surface area contributed by atoms with Crippen molar-refractivity contribution in [2.75, 3.05) is 13.6 Å². The van der Waals surface area contributed by atoms with Gasteiger partial charge in [-0.15, -0.1) is 0 Å². The molecule has 1 aliphatic rings. The molecular weight excluding hydrogens is 252 g/mol. The lowest BCUT2D eigenvalue weighted by atomic mass is 10.3. The van der Waals surface area contributed by atoms with Crippen LogP contribution in [0.25, 0.3) is 0 Å². The predicted molar refractivity (Wildman–Crippen MR) is 68.7 cm³/mol. The number of hydrogen-bond acceptors (Lipinski definition) is 4. The van der Waals surface area contributed by atoms with Gasteiger partial charge in [0.15, 0.2) is 0 Å². The molecule has 1 heterocycles. The Balaban J connectivity index is 2.02. The third-order valence-corrected chi connectivity index (χ3v) is 4.67. The highest BCUT2D eigenvalue weighted by Crippen LogP contribution is 2.32. The highest BCUT2D eigenvalue weighted by Gasteiger charge is 2.24. The first-order valence-corrected chi connectivity index (χ1v) is 7.75. The fourth-order valence-electron chi connectivity index (χ4n) is 1.93. The maximum Gasteiger partial charge on any atom is 0.244 e. The highest BCUT2D eigenvalue weighted by atomic mass is 32.2. The van der Waals surface area contributed by atoms with Gasteiger partial charge in [-0.3, -0.25) is 0 Å². The molecule has 1 aliphatic carbocycles. The van der Waals surface area contributed by atoms with Crippen LogP contribution in [0.15, 0.2) is 15.4 Å². The summed E-state index contributed by atoms with van der Waals surface area (Å²) in [7, 11) is -1.64. The molecule has 0 unspecified atom stereocenters. The molecule has 1 aromatic rings. The predicted octanol–water partition coefficient (Wildman–Crippen LogP) is 1.39. The Hall–Kier alpha value is -0.850. The zero-order valence-electron chi connectivity index (χ0n) is 10.8. The number of rotatable bonds is 7. The lowest BCUT2D eigenvalue weighted by Crippen LogP contribution is -2.25. The van der Waals surface area contributed by atoms with E-state index < -0.39 is 10.0 Å². The minimum atomic E-state index is -3.43. The quantitative estimate of drug-likeness (QED) is 0.787. The number of nitrogens with one attached hydrogen (secondary N) is 2. The van der Waals surface area contributed by atoms with E-state index in [2.05, 4.69) is 10.0 Å². The maximum absolute atomic E-state index is 12.1. The zero-order chi connectivity index (χ0) is 13.2. The summed E-state index contributed by atoms with van der Waals surface area (Å²) in [5.41, 5.74) is 0. The third-order valence-electron chi connectivity index (χ3n) is 3.11. The lowest BCUT2D eigenvalue weighted by molar-refractivity contribution is 0.465. The van der Waals surface area contributed by atoms with E-state index in [1.807, 2.05) is 0 Å². The van der Waals surface area contributed by atoms with E-state index in [0.717, 1.165) is 12.3 Å². The number of aryl methyl sites for hydroxylation is 1. The number of hydrogen-bond donors (Lipinski definition) is 2. The Kier molecular flexibility index (Phi) is 4.09. The summed E-state index contributed by atoms with van der Waals surface area (Å²) in [5.74, 6) is 1.80. The highest BCUT2D eigenvalue weighted by molar-refractivity contribution is 7.89. The van der Waals surface area contributed by atoms with Crippen LogP contribution >= 0.6 is 0 Å². The molecular formula is C12H20N2O3S. The summed E-state index contributed by atoms with van der Waals surface area (Å²) in [6.07, 6.45) is 3.40. The second-order valence-corrected chi connectivity index (χ2v) is 6.53. The van der Waals surface area contributed by atoms with Gasteiger partial charge < -0.3 is 9.73 Å². The van der Waals surface area contributed by atoms with Crippen LogP contribution in [0, 0.1) is 12.8 Å². The molecule has 0 bridgehead atoms. The Morgan fingerprint density at radius 1 is 1.44 bits per heavy atom. The molecule has 6 heteroatoms. The van der Waals surface area contributed by atoms with Crippen molar-refractivity contribution >= 4 is 10.0 Å². The van der Waals surface area contributed by atoms with Crippen molar-refractivity contribution in [1.82, 2.24) is 10.0 Å². The van der Waals surface area contributed by atoms with Crippen LogP contribution in [0.4, 0.5) is 0 Å². The summed E-state index contributed by atoms with van der Waals surface area (Å²) in [6.45, 7) is 2.71. The lowest BCUT2D eigenvalue weighted by Gasteiger charge is -2.04. The Morgan fingerprint density at radius 2 is 2.17 bits per heavy atom. The molecule has 0 aliphatic heterocycles. The van der Waals surface area contributed by atoms with Gasteiger partial charge in [-0.2, -0.15) is 0 Å². The minimum Gasteiger partial charge on any atom is -0.464 e. The van der Waals surface area contributed by atoms with E-state index in [1.165, 1.54) is 12.8 Å². The monoisotopic (exact) mass is 272 g/mol. The van der Waals surface area contributed by atoms with Gasteiger partial charge in [0.25, 0.3) is 0 Å². The molecule has 2 N–H and O–H groups in total. The Morgan fingerprint density at radius 3 is 2.78 bits per heavy atom. The summed E-state index contributed by atoms with van der Waals surface area (Å²) >= 11 is 0. The van der Waals surface area contributed by atoms with Gasteiger partial charge in [0, 0.05) is 12.6 Å². The summed E-state index contributed by atoms with van der Waals surface area (Å²) in [4.78, 5) is 0.253. The molecule has 1 saturated carbocycles. The molecule has 0 atom stereocenters. The maximum atomic E-state index is 12.1. The minimum absolute atomic E-state index is 0.253. The van der Waals surface area contributed by atoms with E-state index in [0.29, 0.717) is 24.6 Å². The molecule has 1 fully saturated rings. The fraction of sp³-hybridized carbons (Fsp3) is 0.667. The molecule has 1 aromatic heterocycles. The molecule has 0 saturated heterocycles. The van der Waals surface area contributed by atoms with E-state index in [4.69, 9.17) is 4.42 Å². The molecule has 102 valence electrons. The van der Waals surface area contributed by atoms with Crippen molar-refractivity contribution in [3.63, 3.8) is 0 Å². The van der Waals surface area contributed by atoms with Gasteiger partial charge in [0.1, 0.15) is 16.4 Å². The van der Waals surface area contributed by atoms with Crippen LogP contribution in [0.2, 0.25) is 0 Å². The molecule has 5 nitrogen and oxygen atoms in total. The van der Waals surface area contributed by atoms with Crippen molar-refractivity contribution in [2.24, 2.45) is 5.92 Å². The van der Waals surface area contributed by atoms with E-state index in [9.17, 15) is 8.42 Å². The van der Waals surface area contributed by atoms with Gasteiger partial charge in [-0.25, -0.2) is 13.1 Å². The normalized spacial score (nSPS) is 16.1. The van der Waals surface area contributed by atoms with Crippen LogP contribution in [0.5, 0.6) is 0 Å². The number of sulfonamides is 1. The van der Waals surface area contributed by atoms with Gasteiger partial charge in [0.2, 0.25) is 10.0 Å². The second kappa shape index (κ2) is 5.42. The smallest absolute Gasteiger partial charge is 0.244 e. The standard InChI is InChI=1S/C12H20N2O3S/c1-9-12(7-11(17-9)8-13-2)18(15,16)14-6-5-10-3-4-10/h7,10,13-14H,3-6,8H2,1-2H3. The first kappa shape index (κ1) is 13.6. The first-order valence-electron chi connectivity index (χ1n) is 6.26. The van der Waals surface area contributed by atoms with E-state index in [1.54, 1.807) is 20.0 Å². The molecule has 2 rings (SSSR count). The summed E-state index contributed by atoms with van der Waals surface area (Å²) in [6, 6.07) is 1.59. The van der Waals surface area contributed by atoms with Crippen LogP contribution < -0.4 is 10.0 Å². The van der Waals surface area contributed by atoms with E-state index in [-0.39, 0.29) is 4.90 Å². The molecule has 0 amide bonds. The van der Waals surface area contributed by atoms with Crippen LogP contribution in [-0.2, 0) is 16.6 Å². The number of furan rings is 1. The summed E-state index contributed by atoms with van der Waals surface area (Å²) < 4.78 is 32.2.